The van der Waals surface area contributed by atoms with Gasteiger partial charge in [0.2, 0.25) is 0 Å². The molecule has 0 unspecified atom stereocenters. The highest BCUT2D eigenvalue weighted by atomic mass is 16.5. The van der Waals surface area contributed by atoms with Crippen molar-refractivity contribution in [3.05, 3.63) is 59.7 Å². The van der Waals surface area contributed by atoms with Crippen molar-refractivity contribution in [3.8, 4) is 0 Å². The second-order valence-electron chi connectivity index (χ2n) is 9.27. The summed E-state index contributed by atoms with van der Waals surface area (Å²) >= 11 is 0. The third-order valence-corrected chi connectivity index (χ3v) is 7.08. The Morgan fingerprint density at radius 1 is 0.676 bits per heavy atom. The molecular formula is C28H34N4O2. The molecule has 34 heavy (non-hydrogen) atoms. The number of nitrogens with one attached hydrogen (secondary N) is 2. The zero-order valence-electron chi connectivity index (χ0n) is 19.8. The van der Waals surface area contributed by atoms with Crippen molar-refractivity contribution in [2.24, 2.45) is 0 Å². The van der Waals surface area contributed by atoms with Crippen LogP contribution in [0.4, 0.5) is 0 Å². The topological polar surface area (TPSA) is 72.6 Å². The van der Waals surface area contributed by atoms with Gasteiger partial charge in [-0.1, -0.05) is 36.4 Å². The van der Waals surface area contributed by atoms with E-state index in [0.717, 1.165) is 87.6 Å². The van der Waals surface area contributed by atoms with E-state index in [1.807, 2.05) is 0 Å². The zero-order valence-corrected chi connectivity index (χ0v) is 19.8. The van der Waals surface area contributed by atoms with Crippen LogP contribution in [0.5, 0.6) is 0 Å². The molecular weight excluding hydrogens is 424 g/mol. The van der Waals surface area contributed by atoms with E-state index < -0.39 is 0 Å². The van der Waals surface area contributed by atoms with Crippen molar-refractivity contribution in [1.82, 2.24) is 9.80 Å². The maximum Gasteiger partial charge on any atom is 0.0594 e. The summed E-state index contributed by atoms with van der Waals surface area (Å²) in [7, 11) is 0. The molecule has 0 amide bonds. The Bertz CT molecular complexity index is 1180. The summed E-state index contributed by atoms with van der Waals surface area (Å²) in [6, 6.07) is 17.0. The predicted octanol–water partition coefficient (Wildman–Crippen LogP) is 4.17. The van der Waals surface area contributed by atoms with Crippen molar-refractivity contribution in [3.63, 3.8) is 0 Å². The van der Waals surface area contributed by atoms with E-state index in [4.69, 9.17) is 20.3 Å². The van der Waals surface area contributed by atoms with E-state index in [0.29, 0.717) is 24.3 Å². The van der Waals surface area contributed by atoms with Crippen LogP contribution in [0, 0.1) is 10.8 Å². The van der Waals surface area contributed by atoms with Gasteiger partial charge in [-0.25, -0.2) is 0 Å². The van der Waals surface area contributed by atoms with Crippen LogP contribution in [0.1, 0.15) is 24.0 Å². The average molecular weight is 459 g/mol. The monoisotopic (exact) mass is 458 g/mol. The molecule has 178 valence electrons. The number of hydrogen-bond donors (Lipinski definition) is 2. The second-order valence-corrected chi connectivity index (χ2v) is 9.27. The smallest absolute Gasteiger partial charge is 0.0594 e. The summed E-state index contributed by atoms with van der Waals surface area (Å²) in [5.41, 5.74) is 3.08. The molecule has 2 heterocycles. The van der Waals surface area contributed by atoms with Crippen molar-refractivity contribution in [2.75, 3.05) is 65.7 Å². The molecule has 0 spiro atoms. The summed E-state index contributed by atoms with van der Waals surface area (Å²) < 4.78 is 10.9. The minimum absolute atomic E-state index is 0.618. The van der Waals surface area contributed by atoms with E-state index in [1.54, 1.807) is 0 Å². The first kappa shape index (κ1) is 23.1. The molecule has 0 aliphatic carbocycles. The van der Waals surface area contributed by atoms with Crippen LogP contribution in [0.15, 0.2) is 48.5 Å². The first-order valence-electron chi connectivity index (χ1n) is 12.4. The average Bonchev–Trinajstić information content (AvgIpc) is 2.89. The van der Waals surface area contributed by atoms with Crippen molar-refractivity contribution >= 4 is 33.0 Å². The third-order valence-electron chi connectivity index (χ3n) is 7.08. The molecule has 5 rings (SSSR count). The largest absolute Gasteiger partial charge is 0.379 e. The fraction of sp³-hybridized carbons (Fsp3) is 0.429. The van der Waals surface area contributed by atoms with E-state index in [9.17, 15) is 0 Å². The Hall–Kier alpha value is -2.64. The van der Waals surface area contributed by atoms with Crippen LogP contribution in [0.2, 0.25) is 0 Å². The quantitative estimate of drug-likeness (QED) is 0.393. The lowest BCUT2D eigenvalue weighted by Gasteiger charge is -2.27. The van der Waals surface area contributed by atoms with Gasteiger partial charge in [0, 0.05) is 74.7 Å². The molecule has 2 N–H and O–H groups in total. The van der Waals surface area contributed by atoms with Crippen LogP contribution in [0.3, 0.4) is 0 Å². The lowest BCUT2D eigenvalue weighted by Crippen LogP contribution is -2.38. The number of hydrogen-bond acceptors (Lipinski definition) is 6. The van der Waals surface area contributed by atoms with Crippen LogP contribution in [-0.4, -0.2) is 86.9 Å². The number of nitrogens with zero attached hydrogens (tertiary/aromatic N) is 2. The van der Waals surface area contributed by atoms with Gasteiger partial charge in [0.25, 0.3) is 0 Å². The molecule has 2 aliphatic heterocycles. The standard InChI is InChI=1S/C28H34N4O2/c29-26(7-9-31-11-15-33-16-12-31)24-6-5-23-19-21-3-1-2-4-22(21)20-25(23)28(24)27(30)8-10-32-13-17-34-18-14-32/h1-6,19-20,29-30H,7-18H2. The van der Waals surface area contributed by atoms with Crippen molar-refractivity contribution in [2.45, 2.75) is 12.8 Å². The molecule has 3 aromatic carbocycles. The lowest BCUT2D eigenvalue weighted by molar-refractivity contribution is 0.0391. The molecule has 2 fully saturated rings. The van der Waals surface area contributed by atoms with Gasteiger partial charge in [0.15, 0.2) is 0 Å². The summed E-state index contributed by atoms with van der Waals surface area (Å²) in [4.78, 5) is 4.75. The van der Waals surface area contributed by atoms with Gasteiger partial charge in [0.05, 0.1) is 26.4 Å². The van der Waals surface area contributed by atoms with Gasteiger partial charge in [-0.3, -0.25) is 9.80 Å². The van der Waals surface area contributed by atoms with Gasteiger partial charge >= 0.3 is 0 Å². The van der Waals surface area contributed by atoms with E-state index in [1.165, 1.54) is 10.8 Å². The Morgan fingerprint density at radius 2 is 1.24 bits per heavy atom. The maximum absolute atomic E-state index is 9.12. The molecule has 0 saturated carbocycles. The Morgan fingerprint density at radius 3 is 1.85 bits per heavy atom. The number of morpholine rings is 2. The molecule has 0 atom stereocenters. The number of benzene rings is 3. The number of fused-ring (bicyclic) bond motifs is 2. The minimum atomic E-state index is 0.618. The summed E-state index contributed by atoms with van der Waals surface area (Å²) in [5.74, 6) is 0. The van der Waals surface area contributed by atoms with Crippen LogP contribution < -0.4 is 0 Å². The first-order valence-corrected chi connectivity index (χ1v) is 12.4. The SMILES string of the molecule is N=C(CCN1CCOCC1)c1ccc2cc3ccccc3cc2c1C(=N)CCN1CCOCC1. The van der Waals surface area contributed by atoms with E-state index >= 15 is 0 Å². The van der Waals surface area contributed by atoms with E-state index in [-0.39, 0.29) is 0 Å². The lowest BCUT2D eigenvalue weighted by atomic mass is 9.89. The molecule has 0 aromatic heterocycles. The maximum atomic E-state index is 9.12. The van der Waals surface area contributed by atoms with Gasteiger partial charge in [-0.15, -0.1) is 0 Å². The number of rotatable bonds is 8. The van der Waals surface area contributed by atoms with Crippen LogP contribution in [-0.2, 0) is 9.47 Å². The molecule has 2 aliphatic rings. The Labute approximate surface area is 201 Å². The van der Waals surface area contributed by atoms with Gasteiger partial charge in [-0.05, 0) is 33.7 Å². The molecule has 0 bridgehead atoms. The summed E-state index contributed by atoms with van der Waals surface area (Å²) in [6.07, 6.45) is 1.36. The highest BCUT2D eigenvalue weighted by Crippen LogP contribution is 2.29. The first-order chi connectivity index (χ1) is 16.7. The summed E-state index contributed by atoms with van der Waals surface area (Å²) in [6.45, 7) is 8.51. The molecule has 3 aromatic rings. The van der Waals surface area contributed by atoms with Gasteiger partial charge < -0.3 is 20.3 Å². The third kappa shape index (κ3) is 5.20. The van der Waals surface area contributed by atoms with Crippen molar-refractivity contribution < 1.29 is 9.47 Å². The Kier molecular flexibility index (Phi) is 7.30. The Balaban J connectivity index is 1.46. The summed E-state index contributed by atoms with van der Waals surface area (Å²) in [5, 5.41) is 22.7. The highest BCUT2D eigenvalue weighted by Gasteiger charge is 2.19. The fourth-order valence-electron chi connectivity index (χ4n) is 5.04. The molecule has 2 saturated heterocycles. The second kappa shape index (κ2) is 10.7. The molecule has 0 radical (unpaired) electrons. The minimum Gasteiger partial charge on any atom is -0.379 e. The van der Waals surface area contributed by atoms with Gasteiger partial charge in [-0.2, -0.15) is 0 Å². The molecule has 6 nitrogen and oxygen atoms in total. The van der Waals surface area contributed by atoms with E-state index in [2.05, 4.69) is 58.3 Å². The van der Waals surface area contributed by atoms with Crippen molar-refractivity contribution in [1.29, 1.82) is 10.8 Å². The predicted molar refractivity (Wildman–Crippen MR) is 139 cm³/mol. The zero-order chi connectivity index (χ0) is 23.3. The van der Waals surface area contributed by atoms with Gasteiger partial charge in [0.1, 0.15) is 0 Å². The fourth-order valence-corrected chi connectivity index (χ4v) is 5.04. The van der Waals surface area contributed by atoms with Crippen LogP contribution >= 0.6 is 0 Å². The number of ether oxygens (including phenoxy) is 2. The molecule has 6 heteroatoms. The van der Waals surface area contributed by atoms with Crippen LogP contribution in [0.25, 0.3) is 21.5 Å². The normalized spacial score (nSPS) is 17.9. The highest BCUT2D eigenvalue weighted by molar-refractivity contribution is 6.19.